The van der Waals surface area contributed by atoms with Crippen molar-refractivity contribution in [2.45, 2.75) is 13.0 Å². The van der Waals surface area contributed by atoms with Crippen molar-refractivity contribution in [2.24, 2.45) is 0 Å². The SMILES string of the molecule is COc1ccc(-c2ccccc2N2Cc3ccc(-c4nnc(C(F)F)o4)cc3C2=O)cc1. The molecule has 160 valence electrons. The van der Waals surface area contributed by atoms with Gasteiger partial charge in [0.2, 0.25) is 5.89 Å². The van der Waals surface area contributed by atoms with Crippen LogP contribution in [0.5, 0.6) is 5.75 Å². The highest BCUT2D eigenvalue weighted by Gasteiger charge is 2.31. The Bertz CT molecular complexity index is 1300. The largest absolute Gasteiger partial charge is 0.497 e. The lowest BCUT2D eigenvalue weighted by molar-refractivity contribution is 0.0996. The van der Waals surface area contributed by atoms with Gasteiger partial charge in [0.05, 0.1) is 19.3 Å². The summed E-state index contributed by atoms with van der Waals surface area (Å²) in [6.45, 7) is 0.397. The third kappa shape index (κ3) is 3.39. The van der Waals surface area contributed by atoms with E-state index in [2.05, 4.69) is 10.2 Å². The van der Waals surface area contributed by atoms with Crippen LogP contribution in [0.1, 0.15) is 28.2 Å². The van der Waals surface area contributed by atoms with Gasteiger partial charge in [0.15, 0.2) is 0 Å². The Hall–Kier alpha value is -4.07. The van der Waals surface area contributed by atoms with Crippen LogP contribution in [-0.2, 0) is 6.54 Å². The summed E-state index contributed by atoms with van der Waals surface area (Å²) in [6, 6.07) is 20.4. The molecule has 4 aromatic rings. The summed E-state index contributed by atoms with van der Waals surface area (Å²) >= 11 is 0. The lowest BCUT2D eigenvalue weighted by Gasteiger charge is -2.20. The quantitative estimate of drug-likeness (QED) is 0.415. The number of carbonyl (C=O) groups excluding carboxylic acids is 1. The Labute approximate surface area is 182 Å². The monoisotopic (exact) mass is 433 g/mol. The van der Waals surface area contributed by atoms with Gasteiger partial charge in [0.25, 0.3) is 11.8 Å². The maximum absolute atomic E-state index is 13.3. The fourth-order valence-corrected chi connectivity index (χ4v) is 3.79. The number of methoxy groups -OCH3 is 1. The summed E-state index contributed by atoms with van der Waals surface area (Å²) in [6.07, 6.45) is -2.85. The van der Waals surface area contributed by atoms with Crippen molar-refractivity contribution in [3.05, 3.63) is 83.7 Å². The first-order chi connectivity index (χ1) is 15.5. The highest BCUT2D eigenvalue weighted by atomic mass is 19.3. The molecule has 0 saturated carbocycles. The highest BCUT2D eigenvalue weighted by molar-refractivity contribution is 6.12. The number of para-hydroxylation sites is 1. The average molecular weight is 433 g/mol. The van der Waals surface area contributed by atoms with E-state index in [1.54, 1.807) is 30.2 Å². The predicted octanol–water partition coefficient (Wildman–Crippen LogP) is 5.51. The zero-order chi connectivity index (χ0) is 22.2. The molecule has 3 aromatic carbocycles. The van der Waals surface area contributed by atoms with Gasteiger partial charge in [0.1, 0.15) is 5.75 Å². The molecule has 0 radical (unpaired) electrons. The lowest BCUT2D eigenvalue weighted by atomic mass is 10.0. The Morgan fingerprint density at radius 2 is 1.72 bits per heavy atom. The van der Waals surface area contributed by atoms with Crippen LogP contribution < -0.4 is 9.64 Å². The van der Waals surface area contributed by atoms with Gasteiger partial charge in [0, 0.05) is 16.7 Å². The van der Waals surface area contributed by atoms with Crippen molar-refractivity contribution in [3.8, 4) is 28.3 Å². The molecule has 0 bridgehead atoms. The third-order valence-corrected chi connectivity index (χ3v) is 5.38. The van der Waals surface area contributed by atoms with E-state index in [-0.39, 0.29) is 11.8 Å². The van der Waals surface area contributed by atoms with Crippen LogP contribution in [0.2, 0.25) is 0 Å². The molecule has 1 aliphatic rings. The number of rotatable bonds is 5. The van der Waals surface area contributed by atoms with Gasteiger partial charge in [-0.3, -0.25) is 4.79 Å². The van der Waals surface area contributed by atoms with Gasteiger partial charge in [-0.25, -0.2) is 0 Å². The minimum atomic E-state index is -2.85. The Morgan fingerprint density at radius 1 is 0.969 bits per heavy atom. The second kappa shape index (κ2) is 7.88. The number of nitrogens with zero attached hydrogens (tertiary/aromatic N) is 3. The molecule has 2 heterocycles. The van der Waals surface area contributed by atoms with Gasteiger partial charge in [-0.05, 0) is 41.5 Å². The average Bonchev–Trinajstić information content (AvgIpc) is 3.44. The molecular formula is C24H17F2N3O3. The van der Waals surface area contributed by atoms with E-state index in [9.17, 15) is 13.6 Å². The van der Waals surface area contributed by atoms with Crippen molar-refractivity contribution in [1.82, 2.24) is 10.2 Å². The molecular weight excluding hydrogens is 416 g/mol. The molecule has 1 amide bonds. The molecule has 0 saturated heterocycles. The van der Waals surface area contributed by atoms with E-state index < -0.39 is 12.3 Å². The van der Waals surface area contributed by atoms with E-state index in [0.717, 1.165) is 28.1 Å². The number of aromatic nitrogens is 2. The number of hydrogen-bond acceptors (Lipinski definition) is 5. The van der Waals surface area contributed by atoms with Crippen molar-refractivity contribution in [2.75, 3.05) is 12.0 Å². The van der Waals surface area contributed by atoms with Crippen LogP contribution >= 0.6 is 0 Å². The summed E-state index contributed by atoms with van der Waals surface area (Å²) < 4.78 is 35.8. The first-order valence-electron chi connectivity index (χ1n) is 9.85. The van der Waals surface area contributed by atoms with E-state index >= 15 is 0 Å². The van der Waals surface area contributed by atoms with Gasteiger partial charge in [-0.1, -0.05) is 36.4 Å². The molecule has 32 heavy (non-hydrogen) atoms. The van der Waals surface area contributed by atoms with Crippen LogP contribution in [0.4, 0.5) is 14.5 Å². The second-order valence-electron chi connectivity index (χ2n) is 7.26. The molecule has 1 aliphatic heterocycles. The van der Waals surface area contributed by atoms with Crippen molar-refractivity contribution in [1.29, 1.82) is 0 Å². The number of fused-ring (bicyclic) bond motifs is 1. The predicted molar refractivity (Wildman–Crippen MR) is 114 cm³/mol. The lowest BCUT2D eigenvalue weighted by Crippen LogP contribution is -2.23. The summed E-state index contributed by atoms with van der Waals surface area (Å²) in [5.41, 5.74) is 4.37. The fraction of sp³-hybridized carbons (Fsp3) is 0.125. The first-order valence-corrected chi connectivity index (χ1v) is 9.85. The number of anilines is 1. The van der Waals surface area contributed by atoms with Gasteiger partial charge < -0.3 is 14.1 Å². The zero-order valence-corrected chi connectivity index (χ0v) is 17.0. The van der Waals surface area contributed by atoms with Crippen molar-refractivity contribution < 1.29 is 22.7 Å². The molecule has 6 nitrogen and oxygen atoms in total. The first kappa shape index (κ1) is 19.9. The number of alkyl halides is 2. The summed E-state index contributed by atoms with van der Waals surface area (Å²) in [5.74, 6) is -0.231. The van der Waals surface area contributed by atoms with E-state index in [1.807, 2.05) is 48.5 Å². The maximum atomic E-state index is 13.3. The molecule has 0 aliphatic carbocycles. The Kier molecular flexibility index (Phi) is 4.89. The number of amides is 1. The summed E-state index contributed by atoms with van der Waals surface area (Å²) in [7, 11) is 1.61. The van der Waals surface area contributed by atoms with Crippen LogP contribution in [-0.4, -0.2) is 23.2 Å². The van der Waals surface area contributed by atoms with E-state index in [1.165, 1.54) is 0 Å². The second-order valence-corrected chi connectivity index (χ2v) is 7.26. The third-order valence-electron chi connectivity index (χ3n) is 5.38. The Morgan fingerprint density at radius 3 is 2.44 bits per heavy atom. The van der Waals surface area contributed by atoms with Crippen LogP contribution in [0.3, 0.4) is 0 Å². The normalized spacial score (nSPS) is 13.0. The highest BCUT2D eigenvalue weighted by Crippen LogP contribution is 2.37. The number of halogens is 2. The van der Waals surface area contributed by atoms with Crippen molar-refractivity contribution >= 4 is 11.6 Å². The van der Waals surface area contributed by atoms with Gasteiger partial charge in [-0.15, -0.1) is 10.2 Å². The maximum Gasteiger partial charge on any atom is 0.314 e. The molecule has 8 heteroatoms. The molecule has 0 fully saturated rings. The zero-order valence-electron chi connectivity index (χ0n) is 17.0. The van der Waals surface area contributed by atoms with E-state index in [0.29, 0.717) is 17.7 Å². The molecule has 0 N–H and O–H groups in total. The molecule has 0 spiro atoms. The van der Waals surface area contributed by atoms with Gasteiger partial charge >= 0.3 is 6.43 Å². The van der Waals surface area contributed by atoms with Crippen LogP contribution in [0.15, 0.2) is 71.1 Å². The fourth-order valence-electron chi connectivity index (χ4n) is 3.79. The minimum Gasteiger partial charge on any atom is -0.497 e. The van der Waals surface area contributed by atoms with E-state index in [4.69, 9.17) is 9.15 Å². The van der Waals surface area contributed by atoms with Crippen LogP contribution in [0.25, 0.3) is 22.6 Å². The smallest absolute Gasteiger partial charge is 0.314 e. The summed E-state index contributed by atoms with van der Waals surface area (Å²) in [5, 5.41) is 7.03. The number of hydrogen-bond donors (Lipinski definition) is 0. The number of carbonyl (C=O) groups is 1. The standard InChI is InChI=1S/C24H17F2N3O3/c1-31-17-10-8-14(9-11-17)18-4-2-3-5-20(18)29-13-16-7-6-15(12-19(16)24(29)30)22-27-28-23(32-22)21(25)26/h2-12,21H,13H2,1H3. The minimum absolute atomic E-state index is 0.0482. The number of ether oxygens (including phenoxy) is 1. The molecule has 0 unspecified atom stereocenters. The molecule has 1 aromatic heterocycles. The van der Waals surface area contributed by atoms with Crippen LogP contribution in [0, 0.1) is 0 Å². The topological polar surface area (TPSA) is 68.5 Å². The molecule has 5 rings (SSSR count). The molecule has 0 atom stereocenters. The Balaban J connectivity index is 1.49. The van der Waals surface area contributed by atoms with Crippen molar-refractivity contribution in [3.63, 3.8) is 0 Å². The summed E-state index contributed by atoms with van der Waals surface area (Å²) in [4.78, 5) is 15.0. The number of benzene rings is 3. The van der Waals surface area contributed by atoms with Gasteiger partial charge in [-0.2, -0.15) is 8.78 Å².